The Labute approximate surface area is 185 Å². The second-order valence-corrected chi connectivity index (χ2v) is 8.04. The van der Waals surface area contributed by atoms with Crippen LogP contribution in [0.1, 0.15) is 41.7 Å². The number of aliphatic hydroxyl groups excluding tert-OH is 1. The average Bonchev–Trinajstić information content (AvgIpc) is 2.85. The Morgan fingerprint density at radius 3 is 1.81 bits per heavy atom. The Kier molecular flexibility index (Phi) is 7.67. The van der Waals surface area contributed by atoms with Crippen molar-refractivity contribution in [1.29, 1.82) is 0 Å². The van der Waals surface area contributed by atoms with Crippen molar-refractivity contribution in [3.05, 3.63) is 119 Å². The maximum atomic E-state index is 9.93. The van der Waals surface area contributed by atoms with Crippen LogP contribution in [0, 0.1) is 0 Å². The molecule has 0 saturated carbocycles. The van der Waals surface area contributed by atoms with Crippen molar-refractivity contribution in [2.45, 2.75) is 25.0 Å². The first-order chi connectivity index (χ1) is 15.3. The van der Waals surface area contributed by atoms with Crippen molar-refractivity contribution in [2.24, 2.45) is 0 Å². The van der Waals surface area contributed by atoms with E-state index in [1.807, 2.05) is 30.3 Å². The van der Waals surface area contributed by atoms with E-state index in [-0.39, 0.29) is 18.8 Å². The lowest BCUT2D eigenvalue weighted by Crippen LogP contribution is -2.35. The van der Waals surface area contributed by atoms with E-state index in [1.54, 1.807) is 0 Å². The maximum Gasteiger partial charge on any atom is 0.108 e. The molecule has 0 radical (unpaired) electrons. The first-order valence-electron chi connectivity index (χ1n) is 11.1. The maximum absolute atomic E-state index is 9.93. The molecule has 0 saturated heterocycles. The first kappa shape index (κ1) is 21.5. The van der Waals surface area contributed by atoms with Gasteiger partial charge in [0.05, 0.1) is 19.3 Å². The summed E-state index contributed by atoms with van der Waals surface area (Å²) in [7, 11) is 0. The highest BCUT2D eigenvalue weighted by molar-refractivity contribution is 5.30. The Morgan fingerprint density at radius 1 is 0.774 bits per heavy atom. The molecule has 0 aliphatic carbocycles. The molecular formula is C28H31NO2. The van der Waals surface area contributed by atoms with Gasteiger partial charge in [0.15, 0.2) is 0 Å². The Bertz CT molecular complexity index is 901. The van der Waals surface area contributed by atoms with Crippen LogP contribution < -0.4 is 0 Å². The normalized spacial score (nSPS) is 15.6. The summed E-state index contributed by atoms with van der Waals surface area (Å²) in [6, 6.07) is 31.2. The van der Waals surface area contributed by atoms with E-state index in [9.17, 15) is 5.11 Å². The number of rotatable bonds is 9. The second-order valence-electron chi connectivity index (χ2n) is 8.04. The van der Waals surface area contributed by atoms with E-state index in [1.165, 1.54) is 22.3 Å². The van der Waals surface area contributed by atoms with Gasteiger partial charge in [-0.15, -0.1) is 0 Å². The third kappa shape index (κ3) is 5.71. The molecule has 3 aromatic carbocycles. The summed E-state index contributed by atoms with van der Waals surface area (Å²) in [5, 5.41) is 9.93. The molecule has 1 heterocycles. The number of hydrogen-bond acceptors (Lipinski definition) is 3. The first-order valence-corrected chi connectivity index (χ1v) is 11.1. The quantitative estimate of drug-likeness (QED) is 0.467. The topological polar surface area (TPSA) is 32.7 Å². The van der Waals surface area contributed by atoms with Crippen LogP contribution in [-0.2, 0) is 4.74 Å². The zero-order chi connectivity index (χ0) is 21.3. The molecule has 1 aliphatic heterocycles. The van der Waals surface area contributed by atoms with Gasteiger partial charge in [0.25, 0.3) is 0 Å². The van der Waals surface area contributed by atoms with Crippen molar-refractivity contribution >= 4 is 0 Å². The van der Waals surface area contributed by atoms with Gasteiger partial charge in [0.2, 0.25) is 0 Å². The van der Waals surface area contributed by atoms with Crippen LogP contribution in [0.2, 0.25) is 0 Å². The van der Waals surface area contributed by atoms with Crippen LogP contribution >= 0.6 is 0 Å². The SMILES string of the molecule is OCC(c1ccccc1)N1CC=C(CCOC(c2ccccc2)c2ccccc2)CC1. The highest BCUT2D eigenvalue weighted by Gasteiger charge is 2.22. The van der Waals surface area contributed by atoms with E-state index in [0.717, 1.165) is 25.9 Å². The number of hydrogen-bond donors (Lipinski definition) is 1. The third-order valence-electron chi connectivity index (χ3n) is 6.04. The fraction of sp³-hybridized carbons (Fsp3) is 0.286. The lowest BCUT2D eigenvalue weighted by molar-refractivity contribution is 0.0805. The molecule has 3 aromatic rings. The molecule has 1 aliphatic rings. The molecule has 1 unspecified atom stereocenters. The van der Waals surface area contributed by atoms with Gasteiger partial charge in [0.1, 0.15) is 6.10 Å². The van der Waals surface area contributed by atoms with Gasteiger partial charge in [-0.2, -0.15) is 0 Å². The molecule has 0 fully saturated rings. The van der Waals surface area contributed by atoms with Gasteiger partial charge >= 0.3 is 0 Å². The minimum absolute atomic E-state index is 0.0417. The molecule has 3 heteroatoms. The Morgan fingerprint density at radius 2 is 1.32 bits per heavy atom. The monoisotopic (exact) mass is 413 g/mol. The fourth-order valence-corrected chi connectivity index (χ4v) is 4.29. The molecule has 0 spiro atoms. The summed E-state index contributed by atoms with van der Waals surface area (Å²) in [5.74, 6) is 0. The predicted molar refractivity (Wildman–Crippen MR) is 126 cm³/mol. The summed E-state index contributed by atoms with van der Waals surface area (Å²) >= 11 is 0. The van der Waals surface area contributed by atoms with Gasteiger partial charge in [-0.05, 0) is 29.5 Å². The zero-order valence-electron chi connectivity index (χ0n) is 17.9. The van der Waals surface area contributed by atoms with Crippen molar-refractivity contribution < 1.29 is 9.84 Å². The van der Waals surface area contributed by atoms with E-state index in [4.69, 9.17) is 4.74 Å². The Hall–Kier alpha value is -2.72. The van der Waals surface area contributed by atoms with Crippen molar-refractivity contribution in [3.63, 3.8) is 0 Å². The smallest absolute Gasteiger partial charge is 0.108 e. The summed E-state index contributed by atoms with van der Waals surface area (Å²) in [4.78, 5) is 2.36. The molecule has 0 bridgehead atoms. The lowest BCUT2D eigenvalue weighted by atomic mass is 10.00. The van der Waals surface area contributed by atoms with Gasteiger partial charge in [-0.3, -0.25) is 4.90 Å². The zero-order valence-corrected chi connectivity index (χ0v) is 17.9. The fourth-order valence-electron chi connectivity index (χ4n) is 4.29. The number of nitrogens with zero attached hydrogens (tertiary/aromatic N) is 1. The van der Waals surface area contributed by atoms with Crippen molar-refractivity contribution in [1.82, 2.24) is 4.90 Å². The predicted octanol–water partition coefficient (Wildman–Crippen LogP) is 5.55. The second kappa shape index (κ2) is 11.1. The van der Waals surface area contributed by atoms with E-state index < -0.39 is 0 Å². The van der Waals surface area contributed by atoms with Crippen molar-refractivity contribution in [3.8, 4) is 0 Å². The van der Waals surface area contributed by atoms with E-state index >= 15 is 0 Å². The van der Waals surface area contributed by atoms with Gasteiger partial charge in [-0.25, -0.2) is 0 Å². The number of ether oxygens (including phenoxy) is 1. The minimum atomic E-state index is -0.0417. The number of benzene rings is 3. The number of aliphatic hydroxyl groups is 1. The van der Waals surface area contributed by atoms with E-state index in [2.05, 4.69) is 71.6 Å². The third-order valence-corrected chi connectivity index (χ3v) is 6.04. The van der Waals surface area contributed by atoms with Crippen LogP contribution in [0.4, 0.5) is 0 Å². The van der Waals surface area contributed by atoms with E-state index in [0.29, 0.717) is 6.61 Å². The molecule has 1 N–H and O–H groups in total. The average molecular weight is 414 g/mol. The highest BCUT2D eigenvalue weighted by atomic mass is 16.5. The minimum Gasteiger partial charge on any atom is -0.394 e. The summed E-state index contributed by atoms with van der Waals surface area (Å²) in [6.07, 6.45) is 4.24. The summed E-state index contributed by atoms with van der Waals surface area (Å²) < 4.78 is 6.39. The lowest BCUT2D eigenvalue weighted by Gasteiger charge is -2.33. The molecule has 31 heavy (non-hydrogen) atoms. The summed E-state index contributed by atoms with van der Waals surface area (Å²) in [5.41, 5.74) is 5.00. The molecule has 0 amide bonds. The van der Waals surface area contributed by atoms with Crippen LogP contribution in [0.3, 0.4) is 0 Å². The molecule has 0 aromatic heterocycles. The highest BCUT2D eigenvalue weighted by Crippen LogP contribution is 2.28. The molecule has 1 atom stereocenters. The molecule has 160 valence electrons. The molecule has 4 rings (SSSR count). The van der Waals surface area contributed by atoms with Gasteiger partial charge < -0.3 is 9.84 Å². The van der Waals surface area contributed by atoms with Crippen LogP contribution in [-0.4, -0.2) is 36.3 Å². The van der Waals surface area contributed by atoms with Crippen molar-refractivity contribution in [2.75, 3.05) is 26.3 Å². The molecular weight excluding hydrogens is 382 g/mol. The van der Waals surface area contributed by atoms with Crippen LogP contribution in [0.5, 0.6) is 0 Å². The van der Waals surface area contributed by atoms with Crippen LogP contribution in [0.15, 0.2) is 103 Å². The van der Waals surface area contributed by atoms with Gasteiger partial charge in [0, 0.05) is 13.1 Å². The van der Waals surface area contributed by atoms with Crippen LogP contribution in [0.25, 0.3) is 0 Å². The van der Waals surface area contributed by atoms with Gasteiger partial charge in [-0.1, -0.05) is 103 Å². The largest absolute Gasteiger partial charge is 0.394 e. The summed E-state index contributed by atoms with van der Waals surface area (Å²) in [6.45, 7) is 2.68. The standard InChI is InChI=1S/C28H31NO2/c30-22-27(24-10-4-1-5-11-24)29-19-16-23(17-20-29)18-21-31-28(25-12-6-2-7-13-25)26-14-8-3-9-15-26/h1-16,27-28,30H,17-22H2. The Balaban J connectivity index is 1.35. The molecule has 3 nitrogen and oxygen atoms in total.